The Labute approximate surface area is 152 Å². The predicted molar refractivity (Wildman–Crippen MR) is 96.6 cm³/mol. The van der Waals surface area contributed by atoms with Crippen molar-refractivity contribution in [3.05, 3.63) is 53.1 Å². The maximum atomic E-state index is 12.5. The van der Waals surface area contributed by atoms with Gasteiger partial charge in [-0.25, -0.2) is 0 Å². The fourth-order valence-electron chi connectivity index (χ4n) is 2.29. The van der Waals surface area contributed by atoms with Crippen LogP contribution in [0.15, 0.2) is 36.4 Å². The summed E-state index contributed by atoms with van der Waals surface area (Å²) in [7, 11) is 2.86. The SMILES string of the molecule is COc1cc(C(=O)NCc2ccc(C)cc2)cc(OC)c1OCC(N)=O. The van der Waals surface area contributed by atoms with Gasteiger partial charge in [-0.05, 0) is 24.6 Å². The number of carbonyl (C=O) groups excluding carboxylic acids is 2. The number of amides is 2. The molecule has 2 aromatic carbocycles. The zero-order chi connectivity index (χ0) is 19.1. The zero-order valence-electron chi connectivity index (χ0n) is 15.0. The van der Waals surface area contributed by atoms with Gasteiger partial charge >= 0.3 is 0 Å². The second-order valence-corrected chi connectivity index (χ2v) is 5.63. The smallest absolute Gasteiger partial charge is 0.255 e. The van der Waals surface area contributed by atoms with E-state index >= 15 is 0 Å². The largest absolute Gasteiger partial charge is 0.493 e. The summed E-state index contributed by atoms with van der Waals surface area (Å²) in [5.41, 5.74) is 7.58. The van der Waals surface area contributed by atoms with Crippen molar-refractivity contribution < 1.29 is 23.8 Å². The minimum atomic E-state index is -0.631. The monoisotopic (exact) mass is 358 g/mol. The molecule has 0 unspecified atom stereocenters. The van der Waals surface area contributed by atoms with Gasteiger partial charge in [-0.15, -0.1) is 0 Å². The molecule has 0 aliphatic heterocycles. The summed E-state index contributed by atoms with van der Waals surface area (Å²) in [6, 6.07) is 10.9. The molecule has 7 heteroatoms. The van der Waals surface area contributed by atoms with Crippen molar-refractivity contribution in [3.8, 4) is 17.2 Å². The van der Waals surface area contributed by atoms with Gasteiger partial charge in [0.15, 0.2) is 18.1 Å². The number of ether oxygens (including phenoxy) is 3. The lowest BCUT2D eigenvalue weighted by Gasteiger charge is -2.15. The fraction of sp³-hybridized carbons (Fsp3) is 0.263. The van der Waals surface area contributed by atoms with E-state index in [1.807, 2.05) is 31.2 Å². The highest BCUT2D eigenvalue weighted by atomic mass is 16.5. The molecule has 26 heavy (non-hydrogen) atoms. The molecule has 0 bridgehead atoms. The maximum absolute atomic E-state index is 12.5. The van der Waals surface area contributed by atoms with Crippen molar-refractivity contribution in [2.45, 2.75) is 13.5 Å². The van der Waals surface area contributed by atoms with E-state index in [0.29, 0.717) is 12.1 Å². The van der Waals surface area contributed by atoms with Crippen molar-refractivity contribution >= 4 is 11.8 Å². The molecule has 0 aliphatic carbocycles. The molecule has 0 radical (unpaired) electrons. The highest BCUT2D eigenvalue weighted by Gasteiger charge is 2.18. The molecule has 0 aromatic heterocycles. The van der Waals surface area contributed by atoms with Crippen LogP contribution >= 0.6 is 0 Å². The average molecular weight is 358 g/mol. The average Bonchev–Trinajstić information content (AvgIpc) is 2.64. The lowest BCUT2D eigenvalue weighted by atomic mass is 10.1. The minimum absolute atomic E-state index is 0.212. The third-order valence-corrected chi connectivity index (χ3v) is 3.66. The van der Waals surface area contributed by atoms with E-state index in [0.717, 1.165) is 11.1 Å². The van der Waals surface area contributed by atoms with E-state index in [1.165, 1.54) is 26.4 Å². The molecule has 0 spiro atoms. The number of primary amides is 1. The molecule has 138 valence electrons. The van der Waals surface area contributed by atoms with E-state index in [1.54, 1.807) is 0 Å². The number of carbonyl (C=O) groups is 2. The summed E-state index contributed by atoms with van der Waals surface area (Å²) in [6.45, 7) is 2.07. The Morgan fingerprint density at radius 1 is 1.04 bits per heavy atom. The Bertz CT molecular complexity index is 762. The highest BCUT2D eigenvalue weighted by molar-refractivity contribution is 5.95. The molecule has 2 rings (SSSR count). The molecule has 3 N–H and O–H groups in total. The zero-order valence-corrected chi connectivity index (χ0v) is 15.0. The van der Waals surface area contributed by atoms with Crippen molar-refractivity contribution in [1.29, 1.82) is 0 Å². The third-order valence-electron chi connectivity index (χ3n) is 3.66. The first kappa shape index (κ1) is 19.1. The Hall–Kier alpha value is -3.22. The molecule has 0 aliphatic rings. The number of hydrogen-bond donors (Lipinski definition) is 2. The van der Waals surface area contributed by atoms with Crippen LogP contribution in [0.25, 0.3) is 0 Å². The van der Waals surface area contributed by atoms with E-state index in [2.05, 4.69) is 5.32 Å². The van der Waals surface area contributed by atoms with Gasteiger partial charge < -0.3 is 25.3 Å². The van der Waals surface area contributed by atoms with Gasteiger partial charge in [-0.1, -0.05) is 29.8 Å². The molecule has 2 amide bonds. The Morgan fingerprint density at radius 3 is 2.12 bits per heavy atom. The van der Waals surface area contributed by atoms with E-state index in [-0.39, 0.29) is 29.8 Å². The van der Waals surface area contributed by atoms with Gasteiger partial charge in [0, 0.05) is 12.1 Å². The Balaban J connectivity index is 2.18. The first-order valence-corrected chi connectivity index (χ1v) is 7.95. The second kappa shape index (κ2) is 8.75. The summed E-state index contributed by atoms with van der Waals surface area (Å²) in [4.78, 5) is 23.4. The van der Waals surface area contributed by atoms with Crippen LogP contribution in [0.3, 0.4) is 0 Å². The summed E-state index contributed by atoms with van der Waals surface area (Å²) in [5.74, 6) is -0.168. The van der Waals surface area contributed by atoms with Crippen LogP contribution in [0.1, 0.15) is 21.5 Å². The van der Waals surface area contributed by atoms with Gasteiger partial charge in [0.25, 0.3) is 11.8 Å². The fourth-order valence-corrected chi connectivity index (χ4v) is 2.29. The van der Waals surface area contributed by atoms with Crippen LogP contribution in [-0.4, -0.2) is 32.6 Å². The topological polar surface area (TPSA) is 99.9 Å². The molecule has 0 heterocycles. The number of nitrogens with one attached hydrogen (secondary N) is 1. The van der Waals surface area contributed by atoms with Crippen LogP contribution in [0.2, 0.25) is 0 Å². The van der Waals surface area contributed by atoms with Crippen LogP contribution in [0.5, 0.6) is 17.2 Å². The van der Waals surface area contributed by atoms with E-state index in [4.69, 9.17) is 19.9 Å². The van der Waals surface area contributed by atoms with Crippen molar-refractivity contribution in [3.63, 3.8) is 0 Å². The maximum Gasteiger partial charge on any atom is 0.255 e. The second-order valence-electron chi connectivity index (χ2n) is 5.63. The van der Waals surface area contributed by atoms with Crippen molar-refractivity contribution in [1.82, 2.24) is 5.32 Å². The lowest BCUT2D eigenvalue weighted by molar-refractivity contribution is -0.120. The number of hydrogen-bond acceptors (Lipinski definition) is 5. The Morgan fingerprint density at radius 2 is 1.62 bits per heavy atom. The van der Waals surface area contributed by atoms with Crippen molar-refractivity contribution in [2.75, 3.05) is 20.8 Å². The van der Waals surface area contributed by atoms with Crippen LogP contribution in [-0.2, 0) is 11.3 Å². The normalized spacial score (nSPS) is 10.1. The van der Waals surface area contributed by atoms with E-state index < -0.39 is 5.91 Å². The summed E-state index contributed by atoms with van der Waals surface area (Å²) < 4.78 is 15.8. The number of methoxy groups -OCH3 is 2. The van der Waals surface area contributed by atoms with E-state index in [9.17, 15) is 9.59 Å². The summed E-state index contributed by atoms with van der Waals surface area (Å²) in [6.07, 6.45) is 0. The van der Waals surface area contributed by atoms with Gasteiger partial charge in [0.1, 0.15) is 0 Å². The quantitative estimate of drug-likeness (QED) is 0.750. The number of benzene rings is 2. The number of rotatable bonds is 8. The molecular formula is C19H22N2O5. The molecule has 0 saturated heterocycles. The standard InChI is InChI=1S/C19H22N2O5/c1-12-4-6-13(7-5-12)10-21-19(23)14-8-15(24-2)18(16(9-14)25-3)26-11-17(20)22/h4-9H,10-11H2,1-3H3,(H2,20,22)(H,21,23). The van der Waals surface area contributed by atoms with Crippen LogP contribution < -0.4 is 25.3 Å². The Kier molecular flexibility index (Phi) is 6.43. The number of nitrogens with two attached hydrogens (primary N) is 1. The molecule has 0 atom stereocenters. The molecule has 0 fully saturated rings. The molecular weight excluding hydrogens is 336 g/mol. The van der Waals surface area contributed by atoms with Gasteiger partial charge in [-0.2, -0.15) is 0 Å². The van der Waals surface area contributed by atoms with Gasteiger partial charge in [-0.3, -0.25) is 9.59 Å². The first-order valence-electron chi connectivity index (χ1n) is 7.95. The highest BCUT2D eigenvalue weighted by Crippen LogP contribution is 2.38. The van der Waals surface area contributed by atoms with Gasteiger partial charge in [0.2, 0.25) is 5.75 Å². The molecule has 2 aromatic rings. The van der Waals surface area contributed by atoms with Crippen LogP contribution in [0.4, 0.5) is 0 Å². The lowest BCUT2D eigenvalue weighted by Crippen LogP contribution is -2.23. The third kappa shape index (κ3) is 4.89. The molecule has 0 saturated carbocycles. The predicted octanol–water partition coefficient (Wildman–Crippen LogP) is 1.81. The molecule has 7 nitrogen and oxygen atoms in total. The minimum Gasteiger partial charge on any atom is -0.493 e. The van der Waals surface area contributed by atoms with Gasteiger partial charge in [0.05, 0.1) is 14.2 Å². The van der Waals surface area contributed by atoms with Crippen molar-refractivity contribution in [2.24, 2.45) is 5.73 Å². The first-order chi connectivity index (χ1) is 12.4. The summed E-state index contributed by atoms with van der Waals surface area (Å²) >= 11 is 0. The summed E-state index contributed by atoms with van der Waals surface area (Å²) in [5, 5.41) is 2.84. The van der Waals surface area contributed by atoms with Crippen LogP contribution in [0, 0.1) is 6.92 Å². The number of aryl methyl sites for hydroxylation is 1.